The molecule has 1 fully saturated rings. The quantitative estimate of drug-likeness (QED) is 0.580. The van der Waals surface area contributed by atoms with E-state index in [1.165, 1.54) is 0 Å². The summed E-state index contributed by atoms with van der Waals surface area (Å²) < 4.78 is 5.46. The van der Waals surface area contributed by atoms with Crippen molar-refractivity contribution in [2.75, 3.05) is 6.61 Å². The average molecular weight is 215 g/mol. The molecule has 86 valence electrons. The van der Waals surface area contributed by atoms with Crippen molar-refractivity contribution in [1.29, 1.82) is 0 Å². The lowest BCUT2D eigenvalue weighted by atomic mass is 10.0. The molecule has 1 unspecified atom stereocenters. The number of hydrogen-bond acceptors (Lipinski definition) is 3. The molecule has 1 rings (SSSR count). The van der Waals surface area contributed by atoms with Crippen molar-refractivity contribution in [3.8, 4) is 0 Å². The fraction of sp³-hybridized carbons (Fsp3) is 0.778. The molecule has 0 aromatic carbocycles. The second-order valence-corrected chi connectivity index (χ2v) is 3.56. The summed E-state index contributed by atoms with van der Waals surface area (Å²) in [5, 5.41) is 0. The van der Waals surface area contributed by atoms with Gasteiger partial charge in [-0.3, -0.25) is 10.2 Å². The standard InChI is InChI=1S/C9H17N3O3/c10-9(14)12-11-8(13)5-4-7-3-1-2-6-15-7/h7H,1-6H2,(H,11,13)(H3,10,12,14). The zero-order valence-electron chi connectivity index (χ0n) is 8.62. The zero-order chi connectivity index (χ0) is 11.1. The molecule has 0 aromatic rings. The molecule has 1 heterocycles. The summed E-state index contributed by atoms with van der Waals surface area (Å²) in [6.45, 7) is 0.784. The van der Waals surface area contributed by atoms with Crippen molar-refractivity contribution in [3.63, 3.8) is 0 Å². The zero-order valence-corrected chi connectivity index (χ0v) is 8.62. The second-order valence-electron chi connectivity index (χ2n) is 3.56. The Morgan fingerprint density at radius 2 is 2.13 bits per heavy atom. The molecule has 0 spiro atoms. The van der Waals surface area contributed by atoms with Gasteiger partial charge >= 0.3 is 6.03 Å². The first-order valence-corrected chi connectivity index (χ1v) is 5.14. The minimum atomic E-state index is -0.766. The van der Waals surface area contributed by atoms with Crippen molar-refractivity contribution in [3.05, 3.63) is 0 Å². The van der Waals surface area contributed by atoms with Crippen LogP contribution < -0.4 is 16.6 Å². The van der Waals surface area contributed by atoms with E-state index in [9.17, 15) is 9.59 Å². The molecule has 0 saturated carbocycles. The molecule has 6 heteroatoms. The van der Waals surface area contributed by atoms with Gasteiger partial charge in [0.25, 0.3) is 0 Å². The monoisotopic (exact) mass is 215 g/mol. The van der Waals surface area contributed by atoms with Crippen LogP contribution in [0.25, 0.3) is 0 Å². The number of primary amides is 1. The molecule has 6 nitrogen and oxygen atoms in total. The summed E-state index contributed by atoms with van der Waals surface area (Å²) in [6.07, 6.45) is 4.48. The Balaban J connectivity index is 2.07. The molecule has 1 aliphatic rings. The SMILES string of the molecule is NC(=O)NNC(=O)CCC1CCCCO1. The Morgan fingerprint density at radius 1 is 1.33 bits per heavy atom. The highest BCUT2D eigenvalue weighted by molar-refractivity contribution is 5.80. The normalized spacial score (nSPS) is 20.7. The minimum Gasteiger partial charge on any atom is -0.378 e. The number of rotatable bonds is 3. The van der Waals surface area contributed by atoms with Crippen LogP contribution in [0.1, 0.15) is 32.1 Å². The van der Waals surface area contributed by atoms with E-state index in [1.807, 2.05) is 5.43 Å². The van der Waals surface area contributed by atoms with Gasteiger partial charge in [-0.25, -0.2) is 10.2 Å². The van der Waals surface area contributed by atoms with Crippen molar-refractivity contribution in [1.82, 2.24) is 10.9 Å². The Morgan fingerprint density at radius 3 is 2.73 bits per heavy atom. The van der Waals surface area contributed by atoms with Crippen LogP contribution in [-0.4, -0.2) is 24.6 Å². The molecule has 15 heavy (non-hydrogen) atoms. The van der Waals surface area contributed by atoms with Gasteiger partial charge in [0.1, 0.15) is 0 Å². The van der Waals surface area contributed by atoms with Crippen LogP contribution in [0.2, 0.25) is 0 Å². The number of nitrogens with two attached hydrogens (primary N) is 1. The van der Waals surface area contributed by atoms with Crippen molar-refractivity contribution < 1.29 is 14.3 Å². The van der Waals surface area contributed by atoms with E-state index in [0.717, 1.165) is 25.9 Å². The van der Waals surface area contributed by atoms with Crippen LogP contribution in [0.4, 0.5) is 4.79 Å². The number of ether oxygens (including phenoxy) is 1. The first-order valence-electron chi connectivity index (χ1n) is 5.14. The number of hydrazine groups is 1. The van der Waals surface area contributed by atoms with Gasteiger partial charge in [-0.1, -0.05) is 0 Å². The summed E-state index contributed by atoms with van der Waals surface area (Å²) >= 11 is 0. The van der Waals surface area contributed by atoms with E-state index >= 15 is 0 Å². The molecule has 1 saturated heterocycles. The van der Waals surface area contributed by atoms with Gasteiger partial charge in [-0.15, -0.1) is 0 Å². The molecular formula is C9H17N3O3. The van der Waals surface area contributed by atoms with Crippen LogP contribution in [-0.2, 0) is 9.53 Å². The van der Waals surface area contributed by atoms with Crippen molar-refractivity contribution in [2.45, 2.75) is 38.2 Å². The lowest BCUT2D eigenvalue weighted by Crippen LogP contribution is -2.44. The predicted molar refractivity (Wildman–Crippen MR) is 53.7 cm³/mol. The highest BCUT2D eigenvalue weighted by Crippen LogP contribution is 2.16. The van der Waals surface area contributed by atoms with Gasteiger partial charge < -0.3 is 10.5 Å². The third-order valence-corrected chi connectivity index (χ3v) is 2.29. The smallest absolute Gasteiger partial charge is 0.330 e. The van der Waals surface area contributed by atoms with Crippen LogP contribution in [0.3, 0.4) is 0 Å². The highest BCUT2D eigenvalue weighted by atomic mass is 16.5. The Hall–Kier alpha value is -1.30. The highest BCUT2D eigenvalue weighted by Gasteiger charge is 2.15. The summed E-state index contributed by atoms with van der Waals surface area (Å²) in [5.74, 6) is -0.247. The van der Waals surface area contributed by atoms with Crippen LogP contribution in [0.15, 0.2) is 0 Å². The Kier molecular flexibility index (Phi) is 4.89. The van der Waals surface area contributed by atoms with Crippen molar-refractivity contribution in [2.24, 2.45) is 5.73 Å². The fourth-order valence-electron chi connectivity index (χ4n) is 1.52. The fourth-order valence-corrected chi connectivity index (χ4v) is 1.52. The first-order chi connectivity index (χ1) is 7.18. The van der Waals surface area contributed by atoms with Crippen LogP contribution >= 0.6 is 0 Å². The topological polar surface area (TPSA) is 93.5 Å². The summed E-state index contributed by atoms with van der Waals surface area (Å²) in [6, 6.07) is -0.766. The Bertz CT molecular complexity index is 227. The number of carbonyl (C=O) groups is 2. The minimum absolute atomic E-state index is 0.179. The average Bonchev–Trinajstić information content (AvgIpc) is 2.25. The molecular weight excluding hydrogens is 198 g/mol. The molecule has 4 N–H and O–H groups in total. The molecule has 0 radical (unpaired) electrons. The van der Waals surface area contributed by atoms with Gasteiger partial charge in [0, 0.05) is 13.0 Å². The summed E-state index contributed by atoms with van der Waals surface area (Å²) in [4.78, 5) is 21.4. The second kappa shape index (κ2) is 6.23. The molecule has 3 amide bonds. The van der Waals surface area contributed by atoms with Crippen molar-refractivity contribution >= 4 is 11.9 Å². The summed E-state index contributed by atoms with van der Waals surface area (Å²) in [7, 11) is 0. The first kappa shape index (κ1) is 11.8. The van der Waals surface area contributed by atoms with E-state index in [-0.39, 0.29) is 12.0 Å². The lowest BCUT2D eigenvalue weighted by Gasteiger charge is -2.22. The maximum atomic E-state index is 11.2. The molecule has 0 bridgehead atoms. The molecule has 0 aromatic heterocycles. The van der Waals surface area contributed by atoms with E-state index in [0.29, 0.717) is 12.8 Å². The number of carbonyl (C=O) groups excluding carboxylic acids is 2. The number of nitrogens with one attached hydrogen (secondary N) is 2. The maximum absolute atomic E-state index is 11.2. The van der Waals surface area contributed by atoms with E-state index in [1.54, 1.807) is 0 Å². The van der Waals surface area contributed by atoms with Gasteiger partial charge in [0.15, 0.2) is 0 Å². The molecule has 1 atom stereocenters. The maximum Gasteiger partial charge on any atom is 0.330 e. The lowest BCUT2D eigenvalue weighted by molar-refractivity contribution is -0.122. The van der Waals surface area contributed by atoms with Gasteiger partial charge in [-0.2, -0.15) is 0 Å². The van der Waals surface area contributed by atoms with Gasteiger partial charge in [0.2, 0.25) is 5.91 Å². The van der Waals surface area contributed by atoms with Crippen LogP contribution in [0.5, 0.6) is 0 Å². The predicted octanol–water partition coefficient (Wildman–Crippen LogP) is 0.0352. The van der Waals surface area contributed by atoms with Crippen LogP contribution in [0, 0.1) is 0 Å². The van der Waals surface area contributed by atoms with E-state index < -0.39 is 6.03 Å². The molecule has 1 aliphatic heterocycles. The summed E-state index contributed by atoms with van der Waals surface area (Å²) in [5.41, 5.74) is 9.02. The van der Waals surface area contributed by atoms with E-state index in [2.05, 4.69) is 5.43 Å². The van der Waals surface area contributed by atoms with E-state index in [4.69, 9.17) is 10.5 Å². The molecule has 0 aliphatic carbocycles. The van der Waals surface area contributed by atoms with Gasteiger partial charge in [0.05, 0.1) is 6.10 Å². The Labute approximate surface area is 88.5 Å². The number of urea groups is 1. The largest absolute Gasteiger partial charge is 0.378 e. The number of hydrogen-bond donors (Lipinski definition) is 3. The third-order valence-electron chi connectivity index (χ3n) is 2.29. The van der Waals surface area contributed by atoms with Gasteiger partial charge in [-0.05, 0) is 25.7 Å². The number of amides is 3. The third kappa shape index (κ3) is 5.21.